The van der Waals surface area contributed by atoms with Crippen molar-refractivity contribution in [3.05, 3.63) is 56.7 Å². The predicted molar refractivity (Wildman–Crippen MR) is 74.5 cm³/mol. The standard InChI is InChI=1S/C13H14ClN3O3/c1-2-11-7-16-13(20-11)8-15-6-9-5-10(17(18)19)3-4-12(9)14/h3-5,7,15H,2,6,8H2,1H3. The Hall–Kier alpha value is -1.92. The zero-order valence-electron chi connectivity index (χ0n) is 10.9. The van der Waals surface area contributed by atoms with Crippen molar-refractivity contribution < 1.29 is 9.34 Å². The second-order valence-corrected chi connectivity index (χ2v) is 4.62. The molecule has 6 nitrogen and oxygen atoms in total. The van der Waals surface area contributed by atoms with Gasteiger partial charge in [-0.25, -0.2) is 4.98 Å². The molecule has 0 spiro atoms. The highest BCUT2D eigenvalue weighted by atomic mass is 35.5. The Labute approximate surface area is 120 Å². The molecule has 0 amide bonds. The molecule has 0 bridgehead atoms. The monoisotopic (exact) mass is 295 g/mol. The van der Waals surface area contributed by atoms with Gasteiger partial charge in [-0.05, 0) is 11.6 Å². The third-order valence-corrected chi connectivity index (χ3v) is 3.15. The van der Waals surface area contributed by atoms with Crippen molar-refractivity contribution in [1.82, 2.24) is 10.3 Å². The molecule has 0 atom stereocenters. The minimum absolute atomic E-state index is 0.0237. The molecule has 1 N–H and O–H groups in total. The van der Waals surface area contributed by atoms with Gasteiger partial charge in [0.1, 0.15) is 5.76 Å². The molecule has 0 aliphatic carbocycles. The Balaban J connectivity index is 1.96. The molecule has 0 fully saturated rings. The van der Waals surface area contributed by atoms with Crippen LogP contribution in [0.25, 0.3) is 0 Å². The number of aromatic nitrogens is 1. The molecule has 0 aliphatic rings. The number of nitrogens with one attached hydrogen (secondary N) is 1. The Morgan fingerprint density at radius 2 is 2.25 bits per heavy atom. The highest BCUT2D eigenvalue weighted by Gasteiger charge is 2.10. The average molecular weight is 296 g/mol. The minimum atomic E-state index is -0.443. The molecule has 0 unspecified atom stereocenters. The lowest BCUT2D eigenvalue weighted by Gasteiger charge is -2.05. The Morgan fingerprint density at radius 3 is 2.90 bits per heavy atom. The number of halogens is 1. The van der Waals surface area contributed by atoms with Crippen molar-refractivity contribution in [3.8, 4) is 0 Å². The first-order valence-electron chi connectivity index (χ1n) is 6.17. The van der Waals surface area contributed by atoms with Crippen LogP contribution in [0.15, 0.2) is 28.8 Å². The molecule has 1 heterocycles. The van der Waals surface area contributed by atoms with Gasteiger partial charge in [0.2, 0.25) is 5.89 Å². The van der Waals surface area contributed by atoms with Crippen LogP contribution in [0.2, 0.25) is 5.02 Å². The fourth-order valence-electron chi connectivity index (χ4n) is 1.71. The molecule has 2 rings (SSSR count). The summed E-state index contributed by atoms with van der Waals surface area (Å²) < 4.78 is 5.45. The number of oxazole rings is 1. The molecule has 0 saturated heterocycles. The van der Waals surface area contributed by atoms with Crippen LogP contribution in [0.3, 0.4) is 0 Å². The number of aryl methyl sites for hydroxylation is 1. The predicted octanol–water partition coefficient (Wildman–Crippen LogP) is 3.09. The number of hydrogen-bond acceptors (Lipinski definition) is 5. The maximum atomic E-state index is 10.7. The van der Waals surface area contributed by atoms with Gasteiger partial charge in [0, 0.05) is 30.1 Å². The third kappa shape index (κ3) is 3.55. The molecule has 0 radical (unpaired) electrons. The van der Waals surface area contributed by atoms with Crippen LogP contribution in [0, 0.1) is 10.1 Å². The highest BCUT2D eigenvalue weighted by Crippen LogP contribution is 2.21. The van der Waals surface area contributed by atoms with Gasteiger partial charge in [-0.3, -0.25) is 10.1 Å². The molecule has 1 aromatic carbocycles. The van der Waals surface area contributed by atoms with E-state index in [1.807, 2.05) is 6.92 Å². The zero-order valence-corrected chi connectivity index (χ0v) is 11.7. The summed E-state index contributed by atoms with van der Waals surface area (Å²) in [5, 5.41) is 14.3. The first-order valence-corrected chi connectivity index (χ1v) is 6.55. The van der Waals surface area contributed by atoms with E-state index in [0.717, 1.165) is 12.2 Å². The van der Waals surface area contributed by atoms with Crippen LogP contribution in [-0.4, -0.2) is 9.91 Å². The zero-order chi connectivity index (χ0) is 14.5. The Kier molecular flexibility index (Phi) is 4.70. The van der Waals surface area contributed by atoms with Crippen molar-refractivity contribution in [3.63, 3.8) is 0 Å². The van der Waals surface area contributed by atoms with E-state index in [-0.39, 0.29) is 5.69 Å². The highest BCUT2D eigenvalue weighted by molar-refractivity contribution is 6.31. The van der Waals surface area contributed by atoms with Crippen molar-refractivity contribution in [1.29, 1.82) is 0 Å². The fourth-order valence-corrected chi connectivity index (χ4v) is 1.89. The van der Waals surface area contributed by atoms with Gasteiger partial charge < -0.3 is 9.73 Å². The molecular formula is C13H14ClN3O3. The van der Waals surface area contributed by atoms with Gasteiger partial charge in [-0.1, -0.05) is 18.5 Å². The van der Waals surface area contributed by atoms with Gasteiger partial charge in [-0.15, -0.1) is 0 Å². The molecule has 7 heteroatoms. The summed E-state index contributed by atoms with van der Waals surface area (Å²) >= 11 is 6.01. The maximum Gasteiger partial charge on any atom is 0.269 e. The largest absolute Gasteiger partial charge is 0.444 e. The van der Waals surface area contributed by atoms with Crippen LogP contribution in [0.4, 0.5) is 5.69 Å². The maximum absolute atomic E-state index is 10.7. The summed E-state index contributed by atoms with van der Waals surface area (Å²) in [5.41, 5.74) is 0.693. The van der Waals surface area contributed by atoms with Crippen LogP contribution < -0.4 is 5.32 Å². The lowest BCUT2D eigenvalue weighted by Crippen LogP contribution is -2.13. The van der Waals surface area contributed by atoms with E-state index in [9.17, 15) is 10.1 Å². The van der Waals surface area contributed by atoms with Crippen molar-refractivity contribution in [2.24, 2.45) is 0 Å². The number of non-ortho nitro benzene ring substituents is 1. The van der Waals surface area contributed by atoms with Crippen LogP contribution in [0.5, 0.6) is 0 Å². The molecule has 106 valence electrons. The first kappa shape index (κ1) is 14.5. The van der Waals surface area contributed by atoms with Crippen molar-refractivity contribution in [2.45, 2.75) is 26.4 Å². The van der Waals surface area contributed by atoms with Gasteiger partial charge in [-0.2, -0.15) is 0 Å². The molecular weight excluding hydrogens is 282 g/mol. The smallest absolute Gasteiger partial charge is 0.269 e. The summed E-state index contributed by atoms with van der Waals surface area (Å²) in [4.78, 5) is 14.4. The number of nitro benzene ring substituents is 1. The minimum Gasteiger partial charge on any atom is -0.444 e. The third-order valence-electron chi connectivity index (χ3n) is 2.78. The number of nitro groups is 1. The first-order chi connectivity index (χ1) is 9.60. The van der Waals surface area contributed by atoms with Crippen LogP contribution in [0.1, 0.15) is 24.1 Å². The number of nitrogens with zero attached hydrogens (tertiary/aromatic N) is 2. The summed E-state index contributed by atoms with van der Waals surface area (Å²) in [6.07, 6.45) is 2.49. The van der Waals surface area contributed by atoms with E-state index >= 15 is 0 Å². The van der Waals surface area contributed by atoms with Gasteiger partial charge in [0.05, 0.1) is 17.7 Å². The van der Waals surface area contributed by atoms with Gasteiger partial charge in [0.25, 0.3) is 5.69 Å². The fraction of sp³-hybridized carbons (Fsp3) is 0.308. The number of hydrogen-bond donors (Lipinski definition) is 1. The molecule has 0 saturated carbocycles. The van der Waals surface area contributed by atoms with E-state index in [1.165, 1.54) is 18.2 Å². The topological polar surface area (TPSA) is 81.2 Å². The summed E-state index contributed by atoms with van der Waals surface area (Å²) in [6.45, 7) is 2.84. The van der Waals surface area contributed by atoms with Gasteiger partial charge in [0.15, 0.2) is 0 Å². The second-order valence-electron chi connectivity index (χ2n) is 4.21. The summed E-state index contributed by atoms with van der Waals surface area (Å²) in [5.74, 6) is 1.42. The molecule has 0 aliphatic heterocycles. The lowest BCUT2D eigenvalue weighted by molar-refractivity contribution is -0.384. The molecule has 2 aromatic rings. The van der Waals surface area contributed by atoms with Crippen molar-refractivity contribution >= 4 is 17.3 Å². The Morgan fingerprint density at radius 1 is 1.45 bits per heavy atom. The van der Waals surface area contributed by atoms with Crippen LogP contribution in [-0.2, 0) is 19.5 Å². The van der Waals surface area contributed by atoms with E-state index in [4.69, 9.17) is 16.0 Å². The normalized spacial score (nSPS) is 10.7. The van der Waals surface area contributed by atoms with E-state index in [1.54, 1.807) is 6.20 Å². The van der Waals surface area contributed by atoms with E-state index < -0.39 is 4.92 Å². The van der Waals surface area contributed by atoms with E-state index in [2.05, 4.69) is 10.3 Å². The van der Waals surface area contributed by atoms with Gasteiger partial charge >= 0.3 is 0 Å². The number of benzene rings is 1. The average Bonchev–Trinajstić information content (AvgIpc) is 2.88. The molecule has 20 heavy (non-hydrogen) atoms. The second kappa shape index (κ2) is 6.49. The van der Waals surface area contributed by atoms with E-state index in [0.29, 0.717) is 29.6 Å². The lowest BCUT2D eigenvalue weighted by atomic mass is 10.2. The SMILES string of the molecule is CCc1cnc(CNCc2cc([N+](=O)[O-])ccc2Cl)o1. The summed E-state index contributed by atoms with van der Waals surface area (Å²) in [6, 6.07) is 4.37. The van der Waals surface area contributed by atoms with Crippen LogP contribution >= 0.6 is 11.6 Å². The molecule has 1 aromatic heterocycles. The number of rotatable bonds is 6. The Bertz CT molecular complexity index is 613. The quantitative estimate of drug-likeness (QED) is 0.654. The van der Waals surface area contributed by atoms with Crippen molar-refractivity contribution in [2.75, 3.05) is 0 Å². The summed E-state index contributed by atoms with van der Waals surface area (Å²) in [7, 11) is 0.